The highest BCUT2D eigenvalue weighted by atomic mass is 16.5. The van der Waals surface area contributed by atoms with Crippen molar-refractivity contribution in [2.45, 2.75) is 64.4 Å². The van der Waals surface area contributed by atoms with E-state index in [2.05, 4.69) is 246 Å². The quantitative estimate of drug-likeness (QED) is 0.161. The summed E-state index contributed by atoms with van der Waals surface area (Å²) in [7, 11) is 0. The molecule has 0 fully saturated rings. The number of hydrogen-bond donors (Lipinski definition) is 0. The summed E-state index contributed by atoms with van der Waals surface area (Å²) in [6, 6.07) is 68.1. The Kier molecular flexibility index (Phi) is 8.90. The van der Waals surface area contributed by atoms with Gasteiger partial charge in [0.25, 0.3) is 0 Å². The SMILES string of the molecule is CC(C)(C)c1ccc2c(c1)c1cc(C(C)(C)C)ccc1n2-c1c2ccccc2c(C2=CC=CC3Oc4cc(-c5c6ccccc6c(-c6ccccc6)c6ccccc56)ccc4C23)c2ccccc12. The molecule has 0 saturated carbocycles. The topological polar surface area (TPSA) is 14.2 Å². The van der Waals surface area contributed by atoms with Crippen LogP contribution in [0.1, 0.15) is 69.7 Å². The molecule has 2 heterocycles. The van der Waals surface area contributed by atoms with Crippen LogP contribution in [-0.2, 0) is 10.8 Å². The van der Waals surface area contributed by atoms with Crippen LogP contribution < -0.4 is 4.74 Å². The zero-order valence-electron chi connectivity index (χ0n) is 39.6. The number of aromatic nitrogens is 1. The monoisotopic (exact) mass is 875 g/mol. The van der Waals surface area contributed by atoms with Gasteiger partial charge >= 0.3 is 0 Å². The molecule has 1 aromatic heterocycles. The largest absolute Gasteiger partial charge is 0.485 e. The minimum absolute atomic E-state index is 0.0202. The number of nitrogens with zero attached hydrogens (tertiary/aromatic N) is 1. The van der Waals surface area contributed by atoms with Crippen LogP contribution in [0.25, 0.3) is 98.4 Å². The normalized spacial score (nSPS) is 15.9. The Morgan fingerprint density at radius 1 is 0.412 bits per heavy atom. The molecule has 2 atom stereocenters. The summed E-state index contributed by atoms with van der Waals surface area (Å²) < 4.78 is 9.64. The molecule has 2 nitrogen and oxygen atoms in total. The van der Waals surface area contributed by atoms with Gasteiger partial charge in [0.05, 0.1) is 22.6 Å². The van der Waals surface area contributed by atoms with Gasteiger partial charge in [-0.25, -0.2) is 0 Å². The lowest BCUT2D eigenvalue weighted by Crippen LogP contribution is -2.19. The summed E-state index contributed by atoms with van der Waals surface area (Å²) in [5, 5.41) is 12.5. The van der Waals surface area contributed by atoms with Crippen molar-refractivity contribution in [1.82, 2.24) is 4.57 Å². The van der Waals surface area contributed by atoms with Crippen molar-refractivity contribution in [3.05, 3.63) is 222 Å². The number of allylic oxidation sites excluding steroid dienone is 2. The lowest BCUT2D eigenvalue weighted by atomic mass is 9.77. The van der Waals surface area contributed by atoms with Crippen LogP contribution in [-0.4, -0.2) is 10.7 Å². The first-order valence-electron chi connectivity index (χ1n) is 24.2. The van der Waals surface area contributed by atoms with Gasteiger partial charge in [-0.1, -0.05) is 205 Å². The average Bonchev–Trinajstić information content (AvgIpc) is 3.89. The maximum Gasteiger partial charge on any atom is 0.128 e. The zero-order valence-corrected chi connectivity index (χ0v) is 39.6. The van der Waals surface area contributed by atoms with Gasteiger partial charge in [-0.15, -0.1) is 0 Å². The maximum atomic E-state index is 7.08. The molecule has 11 aromatic rings. The van der Waals surface area contributed by atoms with Gasteiger partial charge in [0.2, 0.25) is 0 Å². The van der Waals surface area contributed by atoms with Gasteiger partial charge in [-0.05, 0) is 124 Å². The lowest BCUT2D eigenvalue weighted by molar-refractivity contribution is 0.272. The van der Waals surface area contributed by atoms with Crippen LogP contribution in [0.2, 0.25) is 0 Å². The van der Waals surface area contributed by atoms with Gasteiger partial charge in [-0.3, -0.25) is 0 Å². The number of rotatable bonds is 4. The van der Waals surface area contributed by atoms with Gasteiger partial charge in [0.1, 0.15) is 11.9 Å². The molecule has 2 aliphatic rings. The summed E-state index contributed by atoms with van der Waals surface area (Å²) in [5.41, 5.74) is 15.1. The Hall–Kier alpha value is -7.68. The highest BCUT2D eigenvalue weighted by Crippen LogP contribution is 2.54. The molecule has 0 amide bonds. The van der Waals surface area contributed by atoms with Crippen LogP contribution in [0.4, 0.5) is 0 Å². The Morgan fingerprint density at radius 3 is 1.37 bits per heavy atom. The molecule has 10 aromatic carbocycles. The summed E-state index contributed by atoms with van der Waals surface area (Å²) in [6.45, 7) is 13.9. The first kappa shape index (κ1) is 40.6. The van der Waals surface area contributed by atoms with Crippen LogP contribution in [0.5, 0.6) is 5.75 Å². The number of benzene rings is 10. The van der Waals surface area contributed by atoms with Crippen LogP contribution >= 0.6 is 0 Å². The molecule has 0 N–H and O–H groups in total. The predicted octanol–water partition coefficient (Wildman–Crippen LogP) is 17.8. The summed E-state index contributed by atoms with van der Waals surface area (Å²) in [5.74, 6) is 0.977. The highest BCUT2D eigenvalue weighted by molar-refractivity contribution is 6.22. The minimum Gasteiger partial charge on any atom is -0.485 e. The molecule has 2 unspecified atom stereocenters. The summed E-state index contributed by atoms with van der Waals surface area (Å²) in [6.07, 6.45) is 6.70. The minimum atomic E-state index is -0.127. The van der Waals surface area contributed by atoms with E-state index < -0.39 is 0 Å². The van der Waals surface area contributed by atoms with E-state index in [0.717, 1.165) is 5.75 Å². The Bertz CT molecular complexity index is 3770. The number of fused-ring (bicyclic) bond motifs is 10. The van der Waals surface area contributed by atoms with Gasteiger partial charge in [-0.2, -0.15) is 0 Å². The van der Waals surface area contributed by atoms with Crippen molar-refractivity contribution < 1.29 is 4.74 Å². The van der Waals surface area contributed by atoms with E-state index in [0.29, 0.717) is 0 Å². The van der Waals surface area contributed by atoms with E-state index in [1.165, 1.54) is 121 Å². The molecule has 13 rings (SSSR count). The van der Waals surface area contributed by atoms with E-state index in [9.17, 15) is 0 Å². The third kappa shape index (κ3) is 6.09. The molecule has 1 aliphatic heterocycles. The Morgan fingerprint density at radius 2 is 0.868 bits per heavy atom. The molecule has 0 radical (unpaired) electrons. The van der Waals surface area contributed by atoms with E-state index in [4.69, 9.17) is 4.74 Å². The maximum absolute atomic E-state index is 7.08. The molecular weight excluding hydrogens is 823 g/mol. The van der Waals surface area contributed by atoms with Crippen molar-refractivity contribution >= 4 is 70.5 Å². The Balaban J connectivity index is 1.00. The molecule has 2 heteroatoms. The molecule has 0 spiro atoms. The fraction of sp³-hybridized carbons (Fsp3) is 0.152. The molecule has 0 saturated heterocycles. The lowest BCUT2D eigenvalue weighted by Gasteiger charge is -2.27. The number of hydrogen-bond acceptors (Lipinski definition) is 1. The first-order chi connectivity index (χ1) is 33.0. The van der Waals surface area contributed by atoms with Gasteiger partial charge in [0.15, 0.2) is 0 Å². The molecule has 0 bridgehead atoms. The second kappa shape index (κ2) is 14.9. The van der Waals surface area contributed by atoms with Crippen molar-refractivity contribution in [2.24, 2.45) is 0 Å². The van der Waals surface area contributed by atoms with E-state index >= 15 is 0 Å². The van der Waals surface area contributed by atoms with Crippen LogP contribution in [0.15, 0.2) is 200 Å². The Labute approximate surface area is 398 Å². The second-order valence-corrected chi connectivity index (χ2v) is 21.1. The van der Waals surface area contributed by atoms with Crippen molar-refractivity contribution in [2.75, 3.05) is 0 Å². The van der Waals surface area contributed by atoms with Crippen molar-refractivity contribution in [3.8, 4) is 33.7 Å². The molecular formula is C66H53NO. The van der Waals surface area contributed by atoms with Crippen molar-refractivity contribution in [1.29, 1.82) is 0 Å². The van der Waals surface area contributed by atoms with E-state index in [1.807, 2.05) is 0 Å². The highest BCUT2D eigenvalue weighted by Gasteiger charge is 2.39. The first-order valence-corrected chi connectivity index (χ1v) is 24.2. The summed E-state index contributed by atoms with van der Waals surface area (Å²) in [4.78, 5) is 0. The fourth-order valence-corrected chi connectivity index (χ4v) is 11.8. The third-order valence-corrected chi connectivity index (χ3v) is 15.0. The standard InChI is InChI=1S/C66H53NO/c1-65(2,3)42-32-35-56-54(38-42)55-39-43(66(4,5)6)33-36-57(55)67(56)64-50-27-16-14-25-48(50)62(49-26-15-17-28-51(49)64)53-29-18-30-58-63(53)52-34-31-41(37-59(52)68-58)61-46-23-12-10-21-44(46)60(40-19-8-7-9-20-40)45-22-11-13-24-47(45)61/h7-39,58,63H,1-6H3. The predicted molar refractivity (Wildman–Crippen MR) is 290 cm³/mol. The van der Waals surface area contributed by atoms with Gasteiger partial charge < -0.3 is 9.30 Å². The van der Waals surface area contributed by atoms with Gasteiger partial charge in [0, 0.05) is 27.1 Å². The smallest absolute Gasteiger partial charge is 0.128 e. The second-order valence-electron chi connectivity index (χ2n) is 21.1. The number of ether oxygens (including phenoxy) is 1. The molecule has 1 aliphatic carbocycles. The van der Waals surface area contributed by atoms with Crippen LogP contribution in [0.3, 0.4) is 0 Å². The zero-order chi connectivity index (χ0) is 46.1. The van der Waals surface area contributed by atoms with Crippen LogP contribution in [0, 0.1) is 0 Å². The van der Waals surface area contributed by atoms with E-state index in [-0.39, 0.29) is 22.9 Å². The van der Waals surface area contributed by atoms with E-state index in [1.54, 1.807) is 0 Å². The van der Waals surface area contributed by atoms with Crippen molar-refractivity contribution in [3.63, 3.8) is 0 Å². The average molecular weight is 876 g/mol. The third-order valence-electron chi connectivity index (χ3n) is 15.0. The summed E-state index contributed by atoms with van der Waals surface area (Å²) >= 11 is 0. The molecule has 68 heavy (non-hydrogen) atoms. The fourth-order valence-electron chi connectivity index (χ4n) is 11.8. The molecule has 328 valence electrons.